The van der Waals surface area contributed by atoms with Crippen LogP contribution >= 0.6 is 0 Å². The van der Waals surface area contributed by atoms with Gasteiger partial charge in [0.2, 0.25) is 11.8 Å². The molecule has 1 aromatic heterocycles. The Morgan fingerprint density at radius 2 is 1.76 bits per heavy atom. The Morgan fingerprint density at radius 1 is 1.08 bits per heavy atom. The summed E-state index contributed by atoms with van der Waals surface area (Å²) in [5.74, 6) is 0.264. The number of hydrogen-bond acceptors (Lipinski definition) is 4. The predicted molar refractivity (Wildman–Crippen MR) is 98.2 cm³/mol. The fourth-order valence-corrected chi connectivity index (χ4v) is 2.67. The molecule has 0 fully saturated rings. The molecule has 0 unspecified atom stereocenters. The zero-order valence-corrected chi connectivity index (χ0v) is 16.0. The van der Waals surface area contributed by atoms with Crippen molar-refractivity contribution in [1.29, 1.82) is 0 Å². The monoisotopic (exact) mass is 351 g/mol. The lowest BCUT2D eigenvalue weighted by Gasteiger charge is -2.19. The van der Waals surface area contributed by atoms with Crippen LogP contribution in [0.2, 0.25) is 0 Å². The zero-order valence-electron chi connectivity index (χ0n) is 16.0. The standard InChI is InChI=1S/C19H33N3O3/c1-4-7-8-9-10-11-12-13-18(23)22(6-3)14-17-21-16(15-25-17)19(24)20-5-2/h15H,4-14H2,1-3H3,(H,20,24). The highest BCUT2D eigenvalue weighted by Gasteiger charge is 2.17. The number of hydrogen-bond donors (Lipinski definition) is 1. The van der Waals surface area contributed by atoms with Gasteiger partial charge in [0.1, 0.15) is 6.26 Å². The molecule has 0 aliphatic carbocycles. The van der Waals surface area contributed by atoms with Crippen LogP contribution in [0.5, 0.6) is 0 Å². The minimum absolute atomic E-state index is 0.119. The SMILES string of the molecule is CCCCCCCCCC(=O)N(CC)Cc1nc(C(=O)NCC)co1. The maximum absolute atomic E-state index is 12.3. The lowest BCUT2D eigenvalue weighted by atomic mass is 10.1. The molecule has 0 saturated carbocycles. The van der Waals surface area contributed by atoms with Crippen molar-refractivity contribution in [2.24, 2.45) is 0 Å². The van der Waals surface area contributed by atoms with Gasteiger partial charge in [-0.05, 0) is 20.3 Å². The van der Waals surface area contributed by atoms with Crippen LogP contribution in [0.25, 0.3) is 0 Å². The summed E-state index contributed by atoms with van der Waals surface area (Å²) >= 11 is 0. The minimum atomic E-state index is -0.255. The molecular weight excluding hydrogens is 318 g/mol. The molecule has 1 heterocycles. The van der Waals surface area contributed by atoms with Gasteiger partial charge in [-0.25, -0.2) is 4.98 Å². The third-order valence-electron chi connectivity index (χ3n) is 4.18. The summed E-state index contributed by atoms with van der Waals surface area (Å²) in [4.78, 5) is 29.9. The highest BCUT2D eigenvalue weighted by atomic mass is 16.3. The van der Waals surface area contributed by atoms with Crippen LogP contribution in [-0.2, 0) is 11.3 Å². The highest BCUT2D eigenvalue weighted by molar-refractivity contribution is 5.91. The number of nitrogens with one attached hydrogen (secondary N) is 1. The minimum Gasteiger partial charge on any atom is -0.446 e. The van der Waals surface area contributed by atoms with Crippen LogP contribution in [-0.4, -0.2) is 34.8 Å². The summed E-state index contributed by atoms with van der Waals surface area (Å²) in [7, 11) is 0. The number of amides is 2. The van der Waals surface area contributed by atoms with Gasteiger partial charge in [0.25, 0.3) is 5.91 Å². The van der Waals surface area contributed by atoms with Crippen molar-refractivity contribution < 1.29 is 14.0 Å². The molecular formula is C19H33N3O3. The second kappa shape index (κ2) is 12.5. The molecule has 142 valence electrons. The van der Waals surface area contributed by atoms with E-state index in [0.717, 1.165) is 12.8 Å². The number of nitrogens with zero attached hydrogens (tertiary/aromatic N) is 2. The number of carbonyl (C=O) groups excluding carboxylic acids is 2. The Balaban J connectivity index is 2.35. The number of aromatic nitrogens is 1. The van der Waals surface area contributed by atoms with E-state index in [1.54, 1.807) is 4.90 Å². The first kappa shape index (κ1) is 21.2. The number of carbonyl (C=O) groups is 2. The fourth-order valence-electron chi connectivity index (χ4n) is 2.67. The molecule has 1 aromatic rings. The third kappa shape index (κ3) is 8.18. The van der Waals surface area contributed by atoms with E-state index in [1.807, 2.05) is 13.8 Å². The van der Waals surface area contributed by atoms with Gasteiger partial charge in [0.05, 0.1) is 6.54 Å². The Bertz CT molecular complexity index is 514. The van der Waals surface area contributed by atoms with Gasteiger partial charge in [0.15, 0.2) is 5.69 Å². The van der Waals surface area contributed by atoms with E-state index in [9.17, 15) is 9.59 Å². The van der Waals surface area contributed by atoms with Gasteiger partial charge in [0, 0.05) is 19.5 Å². The molecule has 0 aromatic carbocycles. The van der Waals surface area contributed by atoms with Crippen molar-refractivity contribution in [2.75, 3.05) is 13.1 Å². The first-order valence-corrected chi connectivity index (χ1v) is 9.62. The van der Waals surface area contributed by atoms with Gasteiger partial charge in [-0.15, -0.1) is 0 Å². The lowest BCUT2D eigenvalue weighted by molar-refractivity contribution is -0.132. The molecule has 6 nitrogen and oxygen atoms in total. The molecule has 0 saturated heterocycles. The van der Waals surface area contributed by atoms with Crippen molar-refractivity contribution in [3.63, 3.8) is 0 Å². The molecule has 6 heteroatoms. The zero-order chi connectivity index (χ0) is 18.5. The highest BCUT2D eigenvalue weighted by Crippen LogP contribution is 2.11. The summed E-state index contributed by atoms with van der Waals surface area (Å²) in [6.07, 6.45) is 10.3. The van der Waals surface area contributed by atoms with E-state index in [2.05, 4.69) is 17.2 Å². The molecule has 25 heavy (non-hydrogen) atoms. The summed E-state index contributed by atoms with van der Waals surface area (Å²) < 4.78 is 5.33. The van der Waals surface area contributed by atoms with Crippen LogP contribution in [0, 0.1) is 0 Å². The van der Waals surface area contributed by atoms with E-state index in [0.29, 0.717) is 31.9 Å². The second-order valence-electron chi connectivity index (χ2n) is 6.27. The Morgan fingerprint density at radius 3 is 2.40 bits per heavy atom. The normalized spacial score (nSPS) is 10.7. The van der Waals surface area contributed by atoms with Gasteiger partial charge >= 0.3 is 0 Å². The lowest BCUT2D eigenvalue weighted by Crippen LogP contribution is -2.30. The van der Waals surface area contributed by atoms with Crippen molar-refractivity contribution in [1.82, 2.24) is 15.2 Å². The Kier molecular flexibility index (Phi) is 10.6. The Labute approximate surface area is 151 Å². The predicted octanol–water partition coefficient (Wildman–Crippen LogP) is 3.91. The summed E-state index contributed by atoms with van der Waals surface area (Å²) in [6, 6.07) is 0. The Hall–Kier alpha value is -1.85. The van der Waals surface area contributed by atoms with Crippen molar-refractivity contribution in [3.05, 3.63) is 17.8 Å². The summed E-state index contributed by atoms with van der Waals surface area (Å²) in [6.45, 7) is 7.46. The first-order chi connectivity index (χ1) is 12.1. The van der Waals surface area contributed by atoms with E-state index >= 15 is 0 Å². The van der Waals surface area contributed by atoms with Crippen LogP contribution in [0.3, 0.4) is 0 Å². The first-order valence-electron chi connectivity index (χ1n) is 9.62. The van der Waals surface area contributed by atoms with Crippen molar-refractivity contribution in [3.8, 4) is 0 Å². The van der Waals surface area contributed by atoms with Gasteiger partial charge in [-0.3, -0.25) is 9.59 Å². The average Bonchev–Trinajstić information content (AvgIpc) is 3.07. The maximum Gasteiger partial charge on any atom is 0.273 e. The summed E-state index contributed by atoms with van der Waals surface area (Å²) in [5, 5.41) is 2.68. The molecule has 0 bridgehead atoms. The topological polar surface area (TPSA) is 75.4 Å². The smallest absolute Gasteiger partial charge is 0.273 e. The number of oxazole rings is 1. The molecule has 0 radical (unpaired) electrons. The van der Waals surface area contributed by atoms with Crippen molar-refractivity contribution in [2.45, 2.75) is 78.7 Å². The van der Waals surface area contributed by atoms with Crippen LogP contribution < -0.4 is 5.32 Å². The molecule has 0 aliphatic rings. The van der Waals surface area contributed by atoms with Gasteiger partial charge in [-0.2, -0.15) is 0 Å². The molecule has 0 atom stereocenters. The number of rotatable bonds is 13. The van der Waals surface area contributed by atoms with Crippen LogP contribution in [0.4, 0.5) is 0 Å². The molecule has 1 rings (SSSR count). The van der Waals surface area contributed by atoms with Crippen LogP contribution in [0.1, 0.15) is 88.5 Å². The summed E-state index contributed by atoms with van der Waals surface area (Å²) in [5.41, 5.74) is 0.257. The molecule has 0 aliphatic heterocycles. The van der Waals surface area contributed by atoms with Crippen LogP contribution in [0.15, 0.2) is 10.7 Å². The third-order valence-corrected chi connectivity index (χ3v) is 4.18. The molecule has 0 spiro atoms. The number of unbranched alkanes of at least 4 members (excludes halogenated alkanes) is 6. The maximum atomic E-state index is 12.3. The van der Waals surface area contributed by atoms with Crippen molar-refractivity contribution >= 4 is 11.8 Å². The quantitative estimate of drug-likeness (QED) is 0.547. The van der Waals surface area contributed by atoms with E-state index in [-0.39, 0.29) is 17.5 Å². The van der Waals surface area contributed by atoms with Gasteiger partial charge in [-0.1, -0.05) is 45.4 Å². The average molecular weight is 351 g/mol. The fraction of sp³-hybridized carbons (Fsp3) is 0.737. The molecule has 2 amide bonds. The van der Waals surface area contributed by atoms with E-state index in [1.165, 1.54) is 38.4 Å². The van der Waals surface area contributed by atoms with E-state index < -0.39 is 0 Å². The van der Waals surface area contributed by atoms with Gasteiger partial charge < -0.3 is 14.6 Å². The molecule has 1 N–H and O–H groups in total. The second-order valence-corrected chi connectivity index (χ2v) is 6.27. The largest absolute Gasteiger partial charge is 0.446 e. The van der Waals surface area contributed by atoms with E-state index in [4.69, 9.17) is 4.42 Å².